The van der Waals surface area contributed by atoms with E-state index in [9.17, 15) is 4.79 Å². The Bertz CT molecular complexity index is 1040. The molecule has 1 amide bonds. The SMILES string of the molecule is CCn1c(SCC(=O)Nc2sccc2C#N)nnc1C(C)Oc1ccccc1C. The summed E-state index contributed by atoms with van der Waals surface area (Å²) in [6.07, 6.45) is -0.281. The molecule has 2 aromatic heterocycles. The van der Waals surface area contributed by atoms with Crippen LogP contribution in [-0.4, -0.2) is 26.4 Å². The third-order valence-electron chi connectivity index (χ3n) is 4.19. The molecule has 3 aromatic rings. The maximum absolute atomic E-state index is 12.3. The molecule has 0 aliphatic carbocycles. The fourth-order valence-corrected chi connectivity index (χ4v) is 4.29. The quantitative estimate of drug-likeness (QED) is 0.535. The Morgan fingerprint density at radius 1 is 1.38 bits per heavy atom. The van der Waals surface area contributed by atoms with Crippen molar-refractivity contribution in [1.82, 2.24) is 14.8 Å². The standard InChI is InChI=1S/C20H21N5O2S2/c1-4-25-18(14(3)27-16-8-6-5-7-13(16)2)23-24-20(25)29-12-17(26)22-19-15(11-21)9-10-28-19/h5-10,14H,4,12H2,1-3H3,(H,22,26). The zero-order valence-electron chi connectivity index (χ0n) is 16.4. The number of thioether (sulfide) groups is 1. The number of nitrogens with one attached hydrogen (secondary N) is 1. The third-order valence-corrected chi connectivity index (χ3v) is 5.99. The van der Waals surface area contributed by atoms with Crippen molar-refractivity contribution in [2.45, 2.75) is 38.6 Å². The van der Waals surface area contributed by atoms with Crippen molar-refractivity contribution in [2.24, 2.45) is 0 Å². The van der Waals surface area contributed by atoms with Crippen LogP contribution < -0.4 is 10.1 Å². The number of para-hydroxylation sites is 1. The number of amides is 1. The minimum atomic E-state index is -0.281. The van der Waals surface area contributed by atoms with Crippen LogP contribution in [-0.2, 0) is 11.3 Å². The highest BCUT2D eigenvalue weighted by Gasteiger charge is 2.20. The summed E-state index contributed by atoms with van der Waals surface area (Å²) >= 11 is 2.63. The van der Waals surface area contributed by atoms with E-state index in [4.69, 9.17) is 10.00 Å². The number of hydrogen-bond acceptors (Lipinski definition) is 7. The van der Waals surface area contributed by atoms with Crippen LogP contribution in [0.25, 0.3) is 0 Å². The summed E-state index contributed by atoms with van der Waals surface area (Å²) < 4.78 is 8.02. The molecule has 29 heavy (non-hydrogen) atoms. The van der Waals surface area contributed by atoms with Gasteiger partial charge in [-0.1, -0.05) is 30.0 Å². The summed E-state index contributed by atoms with van der Waals surface area (Å²) in [6.45, 7) is 6.60. The van der Waals surface area contributed by atoms with Gasteiger partial charge in [0.2, 0.25) is 5.91 Å². The molecule has 150 valence electrons. The summed E-state index contributed by atoms with van der Waals surface area (Å²) in [4.78, 5) is 12.3. The number of thiophene rings is 1. The lowest BCUT2D eigenvalue weighted by Crippen LogP contribution is -2.15. The van der Waals surface area contributed by atoms with Gasteiger partial charge in [0.05, 0.1) is 11.3 Å². The second kappa shape index (κ2) is 9.58. The molecule has 0 aliphatic heterocycles. The number of aromatic nitrogens is 3. The lowest BCUT2D eigenvalue weighted by Gasteiger charge is -2.16. The molecule has 1 atom stereocenters. The van der Waals surface area contributed by atoms with Gasteiger partial charge >= 0.3 is 0 Å². The fourth-order valence-electron chi connectivity index (χ4n) is 2.72. The molecule has 1 unspecified atom stereocenters. The molecular weight excluding hydrogens is 406 g/mol. The molecule has 7 nitrogen and oxygen atoms in total. The van der Waals surface area contributed by atoms with Crippen LogP contribution in [0.3, 0.4) is 0 Å². The Balaban J connectivity index is 1.65. The lowest BCUT2D eigenvalue weighted by molar-refractivity contribution is -0.113. The first-order chi connectivity index (χ1) is 14.0. The summed E-state index contributed by atoms with van der Waals surface area (Å²) in [5.74, 6) is 1.51. The number of rotatable bonds is 8. The molecule has 9 heteroatoms. The molecule has 0 radical (unpaired) electrons. The Kier molecular flexibility index (Phi) is 6.90. The minimum absolute atomic E-state index is 0.175. The number of benzene rings is 1. The zero-order valence-corrected chi connectivity index (χ0v) is 18.0. The maximum atomic E-state index is 12.3. The topological polar surface area (TPSA) is 92.8 Å². The van der Waals surface area contributed by atoms with E-state index in [0.717, 1.165) is 11.3 Å². The van der Waals surface area contributed by atoms with E-state index in [1.165, 1.54) is 23.1 Å². The minimum Gasteiger partial charge on any atom is -0.482 e. The van der Waals surface area contributed by atoms with Gasteiger partial charge in [0.1, 0.15) is 16.8 Å². The van der Waals surface area contributed by atoms with Crippen molar-refractivity contribution in [1.29, 1.82) is 5.26 Å². The maximum Gasteiger partial charge on any atom is 0.235 e. The van der Waals surface area contributed by atoms with Crippen LogP contribution in [0, 0.1) is 18.3 Å². The number of anilines is 1. The van der Waals surface area contributed by atoms with Crippen LogP contribution in [0.4, 0.5) is 5.00 Å². The number of ether oxygens (including phenoxy) is 1. The normalized spacial score (nSPS) is 11.7. The van der Waals surface area contributed by atoms with Crippen molar-refractivity contribution < 1.29 is 9.53 Å². The first kappa shape index (κ1) is 20.9. The average Bonchev–Trinajstić information content (AvgIpc) is 3.34. The van der Waals surface area contributed by atoms with Gasteiger partial charge in [-0.2, -0.15) is 5.26 Å². The predicted octanol–water partition coefficient (Wildman–Crippen LogP) is 4.41. The monoisotopic (exact) mass is 427 g/mol. The van der Waals surface area contributed by atoms with Crippen LogP contribution in [0.1, 0.15) is 36.9 Å². The van der Waals surface area contributed by atoms with Crippen molar-refractivity contribution >= 4 is 34.0 Å². The summed E-state index contributed by atoms with van der Waals surface area (Å²) in [5.41, 5.74) is 1.52. The summed E-state index contributed by atoms with van der Waals surface area (Å²) in [7, 11) is 0. The predicted molar refractivity (Wildman–Crippen MR) is 114 cm³/mol. The van der Waals surface area contributed by atoms with Gasteiger partial charge in [-0.25, -0.2) is 0 Å². The van der Waals surface area contributed by atoms with Gasteiger partial charge < -0.3 is 14.6 Å². The van der Waals surface area contributed by atoms with Gasteiger partial charge in [-0.15, -0.1) is 21.5 Å². The van der Waals surface area contributed by atoms with Crippen molar-refractivity contribution in [3.05, 3.63) is 52.7 Å². The van der Waals surface area contributed by atoms with Crippen LogP contribution in [0.5, 0.6) is 5.75 Å². The molecule has 0 saturated heterocycles. The molecule has 2 heterocycles. The van der Waals surface area contributed by atoms with E-state index in [0.29, 0.717) is 28.1 Å². The molecule has 1 N–H and O–H groups in total. The fraction of sp³-hybridized carbons (Fsp3) is 0.300. The van der Waals surface area contributed by atoms with E-state index in [2.05, 4.69) is 21.6 Å². The van der Waals surface area contributed by atoms with E-state index >= 15 is 0 Å². The average molecular weight is 428 g/mol. The van der Waals surface area contributed by atoms with Gasteiger partial charge in [-0.3, -0.25) is 4.79 Å². The Hall–Kier alpha value is -2.83. The van der Waals surface area contributed by atoms with Crippen molar-refractivity contribution in [3.63, 3.8) is 0 Å². The molecule has 1 aromatic carbocycles. The Labute approximate surface area is 177 Å². The van der Waals surface area contributed by atoms with E-state index < -0.39 is 0 Å². The number of nitrogens with zero attached hydrogens (tertiary/aromatic N) is 4. The highest BCUT2D eigenvalue weighted by molar-refractivity contribution is 7.99. The lowest BCUT2D eigenvalue weighted by atomic mass is 10.2. The molecule has 3 rings (SSSR count). The van der Waals surface area contributed by atoms with E-state index in [1.807, 2.05) is 49.6 Å². The smallest absolute Gasteiger partial charge is 0.235 e. The van der Waals surface area contributed by atoms with Gasteiger partial charge in [0.15, 0.2) is 17.1 Å². The van der Waals surface area contributed by atoms with Gasteiger partial charge in [-0.05, 0) is 43.8 Å². The summed E-state index contributed by atoms with van der Waals surface area (Å²) in [5, 5.41) is 23.3. The van der Waals surface area contributed by atoms with Crippen molar-refractivity contribution in [3.8, 4) is 11.8 Å². The zero-order chi connectivity index (χ0) is 20.8. The number of hydrogen-bond donors (Lipinski definition) is 1. The molecule has 0 saturated carbocycles. The Morgan fingerprint density at radius 3 is 2.90 bits per heavy atom. The first-order valence-corrected chi connectivity index (χ1v) is 11.0. The first-order valence-electron chi connectivity index (χ1n) is 9.09. The number of nitriles is 1. The second-order valence-electron chi connectivity index (χ2n) is 6.22. The van der Waals surface area contributed by atoms with Crippen LogP contribution in [0.15, 0.2) is 40.9 Å². The van der Waals surface area contributed by atoms with Gasteiger partial charge in [0.25, 0.3) is 0 Å². The van der Waals surface area contributed by atoms with Gasteiger partial charge in [0, 0.05) is 6.54 Å². The largest absolute Gasteiger partial charge is 0.482 e. The van der Waals surface area contributed by atoms with E-state index in [1.54, 1.807) is 11.4 Å². The summed E-state index contributed by atoms with van der Waals surface area (Å²) in [6, 6.07) is 11.6. The Morgan fingerprint density at radius 2 is 2.17 bits per heavy atom. The number of carbonyl (C=O) groups is 1. The highest BCUT2D eigenvalue weighted by Crippen LogP contribution is 2.27. The van der Waals surface area contributed by atoms with Crippen LogP contribution >= 0.6 is 23.1 Å². The molecule has 0 aliphatic rings. The third kappa shape index (κ3) is 4.96. The number of carbonyl (C=O) groups excluding carboxylic acids is 1. The number of aryl methyl sites for hydroxylation is 1. The molecule has 0 fully saturated rings. The molecular formula is C20H21N5O2S2. The van der Waals surface area contributed by atoms with Crippen molar-refractivity contribution in [2.75, 3.05) is 11.1 Å². The molecule has 0 spiro atoms. The second-order valence-corrected chi connectivity index (χ2v) is 8.08. The van der Waals surface area contributed by atoms with Crippen LogP contribution in [0.2, 0.25) is 0 Å². The van der Waals surface area contributed by atoms with E-state index in [-0.39, 0.29) is 17.8 Å². The molecule has 0 bridgehead atoms. The highest BCUT2D eigenvalue weighted by atomic mass is 32.2.